The molecule has 0 aromatic heterocycles. The Hall–Kier alpha value is -2.86. The summed E-state index contributed by atoms with van der Waals surface area (Å²) in [5.41, 5.74) is 8.32. The zero-order valence-corrected chi connectivity index (χ0v) is 16.1. The number of hydrogen-bond donors (Lipinski definition) is 2. The highest BCUT2D eigenvalue weighted by molar-refractivity contribution is 6.30. The molecule has 0 spiro atoms. The van der Waals surface area contributed by atoms with Gasteiger partial charge in [-0.2, -0.15) is 0 Å². The van der Waals surface area contributed by atoms with Gasteiger partial charge in [0, 0.05) is 10.6 Å². The highest BCUT2D eigenvalue weighted by Gasteiger charge is 2.13. The number of fused-ring (bicyclic) bond motifs is 1. The second-order valence-corrected chi connectivity index (χ2v) is 7.09. The number of ether oxygens (including phenoxy) is 1. The molecule has 0 atom stereocenters. The highest BCUT2D eigenvalue weighted by Crippen LogP contribution is 2.22. The van der Waals surface area contributed by atoms with Gasteiger partial charge >= 0.3 is 5.97 Å². The first-order valence-corrected chi connectivity index (χ1v) is 9.50. The van der Waals surface area contributed by atoms with E-state index >= 15 is 0 Å². The SMILES string of the molecule is O=C(COC(=O)Cc1ccc2c(c1)CCCC2)NNC(=O)c1ccc(Cl)cc1. The van der Waals surface area contributed by atoms with Gasteiger partial charge in [-0.05, 0) is 66.6 Å². The molecule has 0 aliphatic heterocycles. The minimum absolute atomic E-state index is 0.109. The zero-order chi connectivity index (χ0) is 19.9. The van der Waals surface area contributed by atoms with Gasteiger partial charge in [0.25, 0.3) is 11.8 Å². The van der Waals surface area contributed by atoms with E-state index < -0.39 is 24.4 Å². The molecule has 6 nitrogen and oxygen atoms in total. The lowest BCUT2D eigenvalue weighted by molar-refractivity contribution is -0.148. The third kappa shape index (κ3) is 5.57. The van der Waals surface area contributed by atoms with Gasteiger partial charge in [-0.3, -0.25) is 25.2 Å². The number of rotatable bonds is 5. The summed E-state index contributed by atoms with van der Waals surface area (Å²) in [6, 6.07) is 12.2. The molecule has 2 aromatic rings. The van der Waals surface area contributed by atoms with E-state index in [0.29, 0.717) is 10.6 Å². The van der Waals surface area contributed by atoms with Crippen molar-refractivity contribution in [2.45, 2.75) is 32.1 Å². The van der Waals surface area contributed by atoms with Crippen LogP contribution in [-0.4, -0.2) is 24.4 Å². The maximum atomic E-state index is 12.0. The van der Waals surface area contributed by atoms with Crippen LogP contribution in [0.15, 0.2) is 42.5 Å². The highest BCUT2D eigenvalue weighted by atomic mass is 35.5. The van der Waals surface area contributed by atoms with Crippen molar-refractivity contribution in [3.63, 3.8) is 0 Å². The number of amides is 2. The maximum absolute atomic E-state index is 12.0. The smallest absolute Gasteiger partial charge is 0.310 e. The Morgan fingerprint density at radius 3 is 2.39 bits per heavy atom. The molecule has 146 valence electrons. The first kappa shape index (κ1) is 19.9. The number of carbonyl (C=O) groups is 3. The number of benzene rings is 2. The summed E-state index contributed by atoms with van der Waals surface area (Å²) in [6.45, 7) is -0.468. The molecule has 1 aliphatic rings. The largest absolute Gasteiger partial charge is 0.455 e. The predicted octanol–water partition coefficient (Wildman–Crippen LogP) is 2.77. The number of carbonyl (C=O) groups excluding carboxylic acids is 3. The molecular formula is C21H21ClN2O4. The van der Waals surface area contributed by atoms with Crippen LogP contribution < -0.4 is 10.9 Å². The van der Waals surface area contributed by atoms with Crippen LogP contribution in [0.1, 0.15) is 39.9 Å². The molecule has 0 saturated heterocycles. The second-order valence-electron chi connectivity index (χ2n) is 6.66. The minimum atomic E-state index is -0.624. The molecular weight excluding hydrogens is 380 g/mol. The number of hydrazine groups is 1. The van der Waals surface area contributed by atoms with Gasteiger partial charge < -0.3 is 4.74 Å². The summed E-state index contributed by atoms with van der Waals surface area (Å²) in [5, 5.41) is 0.506. The Bertz CT molecular complexity index is 880. The van der Waals surface area contributed by atoms with E-state index in [1.54, 1.807) is 12.1 Å². The maximum Gasteiger partial charge on any atom is 0.310 e. The normalized spacial score (nSPS) is 12.6. The second kappa shape index (κ2) is 9.37. The van der Waals surface area contributed by atoms with Crippen LogP contribution in [0.4, 0.5) is 0 Å². The molecule has 0 bridgehead atoms. The Labute approximate surface area is 168 Å². The van der Waals surface area contributed by atoms with E-state index in [1.165, 1.54) is 36.1 Å². The van der Waals surface area contributed by atoms with Crippen molar-refractivity contribution in [3.05, 3.63) is 69.7 Å². The fourth-order valence-corrected chi connectivity index (χ4v) is 3.22. The van der Waals surface area contributed by atoms with Crippen LogP contribution in [0.5, 0.6) is 0 Å². The Morgan fingerprint density at radius 1 is 0.929 bits per heavy atom. The molecule has 2 aromatic carbocycles. The van der Waals surface area contributed by atoms with Crippen molar-refractivity contribution in [1.29, 1.82) is 0 Å². The van der Waals surface area contributed by atoms with Crippen molar-refractivity contribution in [1.82, 2.24) is 10.9 Å². The third-order valence-electron chi connectivity index (χ3n) is 4.55. The molecule has 2 amide bonds. The molecule has 0 radical (unpaired) electrons. The summed E-state index contributed by atoms with van der Waals surface area (Å²) in [4.78, 5) is 35.6. The molecule has 3 rings (SSSR count). The number of hydrogen-bond acceptors (Lipinski definition) is 4. The third-order valence-corrected chi connectivity index (χ3v) is 4.80. The Kier molecular flexibility index (Phi) is 6.66. The van der Waals surface area contributed by atoms with E-state index in [-0.39, 0.29) is 6.42 Å². The van der Waals surface area contributed by atoms with Crippen LogP contribution in [-0.2, 0) is 33.6 Å². The van der Waals surface area contributed by atoms with E-state index in [9.17, 15) is 14.4 Å². The van der Waals surface area contributed by atoms with E-state index in [4.69, 9.17) is 16.3 Å². The first-order chi connectivity index (χ1) is 13.5. The molecule has 0 heterocycles. The lowest BCUT2D eigenvalue weighted by Gasteiger charge is -2.16. The lowest BCUT2D eigenvalue weighted by Crippen LogP contribution is -2.43. The summed E-state index contributed by atoms with van der Waals surface area (Å²) >= 11 is 5.76. The average Bonchev–Trinajstić information content (AvgIpc) is 2.71. The van der Waals surface area contributed by atoms with Crippen LogP contribution in [0.2, 0.25) is 5.02 Å². The van der Waals surface area contributed by atoms with Gasteiger partial charge in [0.2, 0.25) is 0 Å². The van der Waals surface area contributed by atoms with Gasteiger partial charge in [0.15, 0.2) is 6.61 Å². The van der Waals surface area contributed by atoms with Gasteiger partial charge in [-0.1, -0.05) is 29.8 Å². The summed E-state index contributed by atoms with van der Waals surface area (Å²) in [5.74, 6) is -1.61. The number of nitrogens with one attached hydrogen (secondary N) is 2. The van der Waals surface area contributed by atoms with Crippen LogP contribution >= 0.6 is 11.6 Å². The Morgan fingerprint density at radius 2 is 1.64 bits per heavy atom. The average molecular weight is 401 g/mol. The summed E-state index contributed by atoms with van der Waals surface area (Å²) in [7, 11) is 0. The van der Waals surface area contributed by atoms with Crippen LogP contribution in [0.3, 0.4) is 0 Å². The fourth-order valence-electron chi connectivity index (χ4n) is 3.10. The monoisotopic (exact) mass is 400 g/mol. The molecule has 0 unspecified atom stereocenters. The van der Waals surface area contributed by atoms with Crippen molar-refractivity contribution in [2.75, 3.05) is 6.61 Å². The van der Waals surface area contributed by atoms with Gasteiger partial charge in [0.1, 0.15) is 0 Å². The van der Waals surface area contributed by atoms with E-state index in [0.717, 1.165) is 18.4 Å². The fraction of sp³-hybridized carbons (Fsp3) is 0.286. The van der Waals surface area contributed by atoms with Crippen molar-refractivity contribution >= 4 is 29.4 Å². The molecule has 7 heteroatoms. The minimum Gasteiger partial charge on any atom is -0.455 e. The first-order valence-electron chi connectivity index (χ1n) is 9.12. The quantitative estimate of drug-likeness (QED) is 0.597. The molecule has 0 fully saturated rings. The predicted molar refractivity (Wildman–Crippen MR) is 105 cm³/mol. The van der Waals surface area contributed by atoms with Gasteiger partial charge in [-0.15, -0.1) is 0 Å². The van der Waals surface area contributed by atoms with Gasteiger partial charge in [-0.25, -0.2) is 0 Å². The summed E-state index contributed by atoms with van der Waals surface area (Å²) < 4.78 is 4.99. The number of halogens is 1. The molecule has 1 aliphatic carbocycles. The molecule has 2 N–H and O–H groups in total. The molecule has 28 heavy (non-hydrogen) atoms. The van der Waals surface area contributed by atoms with Crippen LogP contribution in [0.25, 0.3) is 0 Å². The zero-order valence-electron chi connectivity index (χ0n) is 15.3. The topological polar surface area (TPSA) is 84.5 Å². The lowest BCUT2D eigenvalue weighted by atomic mass is 9.90. The van der Waals surface area contributed by atoms with E-state index in [1.807, 2.05) is 12.1 Å². The Balaban J connectivity index is 1.41. The molecule has 0 saturated carbocycles. The van der Waals surface area contributed by atoms with Gasteiger partial charge in [0.05, 0.1) is 6.42 Å². The number of esters is 1. The summed E-state index contributed by atoms with van der Waals surface area (Å²) in [6.07, 6.45) is 4.61. The van der Waals surface area contributed by atoms with Crippen molar-refractivity contribution in [2.24, 2.45) is 0 Å². The standard InChI is InChI=1S/C21H21ClN2O4/c22-18-9-7-16(8-10-18)21(27)24-23-19(25)13-28-20(26)12-14-5-6-15-3-1-2-4-17(15)11-14/h5-11H,1-4,12-13H2,(H,23,25)(H,24,27). The number of aryl methyl sites for hydroxylation is 2. The van der Waals surface area contributed by atoms with Crippen LogP contribution in [0, 0.1) is 0 Å². The van der Waals surface area contributed by atoms with Crippen molar-refractivity contribution < 1.29 is 19.1 Å². The van der Waals surface area contributed by atoms with Crippen molar-refractivity contribution in [3.8, 4) is 0 Å². The van der Waals surface area contributed by atoms with E-state index in [2.05, 4.69) is 16.9 Å².